The Morgan fingerprint density at radius 3 is 2.59 bits per heavy atom. The molecule has 0 saturated carbocycles. The molecule has 1 aromatic rings. The van der Waals surface area contributed by atoms with Gasteiger partial charge >= 0.3 is 0 Å². The molecule has 4 heteroatoms. The van der Waals surface area contributed by atoms with Gasteiger partial charge in [0, 0.05) is 19.5 Å². The van der Waals surface area contributed by atoms with Crippen LogP contribution in [0.2, 0.25) is 0 Å². The Labute approximate surface area is 123 Å². The molecule has 2 radical (unpaired) electrons. The fourth-order valence-corrected chi connectivity index (χ4v) is 4.56. The first kappa shape index (κ1) is 12.1. The van der Waals surface area contributed by atoms with Gasteiger partial charge in [-0.3, -0.25) is 0 Å². The molecule has 1 aliphatic carbocycles. The Hall–Kier alpha value is 0.0700. The number of hydrogen-bond donors (Lipinski definition) is 0. The zero-order valence-corrected chi connectivity index (χ0v) is 13.2. The highest BCUT2D eigenvalue weighted by Gasteiger charge is 2.29. The molecule has 0 fully saturated rings. The smallest absolute Gasteiger partial charge is 0.169 e. The number of nitrogens with zero attached hydrogens (tertiary/aromatic N) is 1. The molecule has 1 heterocycles. The van der Waals surface area contributed by atoms with Crippen LogP contribution in [0.15, 0.2) is 37.7 Å². The molecule has 3 rings (SSSR count). The largest absolute Gasteiger partial charge is 0.321 e. The number of halogens is 2. The molecule has 0 amide bonds. The first-order chi connectivity index (χ1) is 8.27. The lowest BCUT2D eigenvalue weighted by Gasteiger charge is -2.25. The van der Waals surface area contributed by atoms with Crippen LogP contribution in [0.25, 0.3) is 0 Å². The highest BCUT2D eigenvalue weighted by Crippen LogP contribution is 2.49. The molecule has 1 aromatic carbocycles. The first-order valence-corrected chi connectivity index (χ1v) is 8.06. The highest BCUT2D eigenvalue weighted by molar-refractivity contribution is 9.11. The second-order valence-electron chi connectivity index (χ2n) is 4.18. The molecular weight excluding hydrogens is 362 g/mol. The average Bonchev–Trinajstić information content (AvgIpc) is 2.73. The van der Waals surface area contributed by atoms with Crippen molar-refractivity contribution < 1.29 is 0 Å². The van der Waals surface area contributed by atoms with Crippen LogP contribution in [-0.4, -0.2) is 0 Å². The highest BCUT2D eigenvalue weighted by atomic mass is 79.9. The Kier molecular flexibility index (Phi) is 3.55. The summed E-state index contributed by atoms with van der Waals surface area (Å²) in [5, 5.41) is 0. The van der Waals surface area contributed by atoms with Crippen molar-refractivity contribution in [1.29, 1.82) is 0 Å². The first-order valence-electron chi connectivity index (χ1n) is 5.66. The van der Waals surface area contributed by atoms with E-state index < -0.39 is 0 Å². The fourth-order valence-electron chi connectivity index (χ4n) is 2.25. The fraction of sp³-hybridized carbons (Fsp3) is 0.308. The van der Waals surface area contributed by atoms with Gasteiger partial charge in [0.05, 0.1) is 5.69 Å². The van der Waals surface area contributed by atoms with Crippen LogP contribution in [0.5, 0.6) is 0 Å². The molecule has 2 aliphatic rings. The van der Waals surface area contributed by atoms with Crippen LogP contribution >= 0.6 is 43.6 Å². The summed E-state index contributed by atoms with van der Waals surface area (Å²) in [5.74, 6) is 3.41. The average molecular weight is 373 g/mol. The van der Waals surface area contributed by atoms with Crippen molar-refractivity contribution in [3.63, 3.8) is 0 Å². The van der Waals surface area contributed by atoms with Crippen LogP contribution in [-0.2, 0) is 0 Å². The minimum absolute atomic E-state index is 1.11. The van der Waals surface area contributed by atoms with Gasteiger partial charge in [-0.2, -0.15) is 0 Å². The molecule has 1 aliphatic heterocycles. The molecule has 0 saturated heterocycles. The van der Waals surface area contributed by atoms with Gasteiger partial charge in [-0.05, 0) is 69.7 Å². The van der Waals surface area contributed by atoms with Crippen molar-refractivity contribution in [2.24, 2.45) is 0 Å². The van der Waals surface area contributed by atoms with Crippen molar-refractivity contribution in [2.75, 3.05) is 4.90 Å². The van der Waals surface area contributed by atoms with Crippen molar-refractivity contribution >= 4 is 49.3 Å². The Morgan fingerprint density at radius 2 is 1.82 bits per heavy atom. The summed E-state index contributed by atoms with van der Waals surface area (Å²) in [4.78, 5) is 3.71. The van der Waals surface area contributed by atoms with Crippen molar-refractivity contribution in [3.8, 4) is 0 Å². The van der Waals surface area contributed by atoms with E-state index in [2.05, 4.69) is 54.8 Å². The van der Waals surface area contributed by atoms with E-state index in [1.54, 1.807) is 11.8 Å². The minimum Gasteiger partial charge on any atom is -0.321 e. The number of hydrogen-bond acceptors (Lipinski definition) is 2. The zero-order chi connectivity index (χ0) is 11.8. The van der Waals surface area contributed by atoms with Gasteiger partial charge in [0.15, 0.2) is 5.88 Å². The van der Waals surface area contributed by atoms with E-state index in [0.29, 0.717) is 0 Å². The topological polar surface area (TPSA) is 3.24 Å². The van der Waals surface area contributed by atoms with Crippen LogP contribution < -0.4 is 4.90 Å². The van der Waals surface area contributed by atoms with Crippen molar-refractivity contribution in [1.82, 2.24) is 0 Å². The third kappa shape index (κ3) is 2.20. The van der Waals surface area contributed by atoms with Gasteiger partial charge in [-0.15, -0.1) is 0 Å². The summed E-state index contributed by atoms with van der Waals surface area (Å²) in [6.45, 7) is 0. The van der Waals surface area contributed by atoms with Gasteiger partial charge in [0.25, 0.3) is 0 Å². The van der Waals surface area contributed by atoms with Crippen molar-refractivity contribution in [3.05, 3.63) is 43.6 Å². The summed E-state index contributed by atoms with van der Waals surface area (Å²) >= 11 is 9.02. The van der Waals surface area contributed by atoms with E-state index in [0.717, 1.165) is 8.95 Å². The SMILES string of the molecule is Brc1cccc(Br)c1N1[C]SC2=C1CCCC2. The molecule has 0 atom stereocenters. The third-order valence-corrected chi connectivity index (χ3v) is 5.32. The van der Waals surface area contributed by atoms with E-state index in [1.807, 2.05) is 6.07 Å². The lowest BCUT2D eigenvalue weighted by molar-refractivity contribution is 0.686. The Bertz CT molecular complexity index is 464. The second kappa shape index (κ2) is 4.98. The zero-order valence-electron chi connectivity index (χ0n) is 9.17. The summed E-state index contributed by atoms with van der Waals surface area (Å²) in [6, 6.07) is 6.19. The van der Waals surface area contributed by atoms with Gasteiger partial charge in [-0.25, -0.2) is 0 Å². The number of benzene rings is 1. The van der Waals surface area contributed by atoms with E-state index in [1.165, 1.54) is 42.0 Å². The molecule has 0 N–H and O–H groups in total. The number of para-hydroxylation sites is 1. The van der Waals surface area contributed by atoms with Gasteiger partial charge in [-0.1, -0.05) is 17.8 Å². The van der Waals surface area contributed by atoms with Crippen LogP contribution in [0.1, 0.15) is 25.7 Å². The molecule has 17 heavy (non-hydrogen) atoms. The van der Waals surface area contributed by atoms with E-state index in [4.69, 9.17) is 0 Å². The molecule has 1 nitrogen and oxygen atoms in total. The maximum atomic E-state index is 3.63. The van der Waals surface area contributed by atoms with Crippen LogP contribution in [0, 0.1) is 5.88 Å². The maximum Gasteiger partial charge on any atom is 0.169 e. The van der Waals surface area contributed by atoms with Crippen molar-refractivity contribution in [2.45, 2.75) is 25.7 Å². The number of rotatable bonds is 1. The molecule has 0 spiro atoms. The molecule has 88 valence electrons. The second-order valence-corrected chi connectivity index (χ2v) is 6.76. The lowest BCUT2D eigenvalue weighted by atomic mass is 10.0. The maximum absolute atomic E-state index is 3.63. The number of anilines is 1. The lowest BCUT2D eigenvalue weighted by Crippen LogP contribution is -2.16. The van der Waals surface area contributed by atoms with Gasteiger partial charge in [0.1, 0.15) is 0 Å². The van der Waals surface area contributed by atoms with Crippen LogP contribution in [0.4, 0.5) is 5.69 Å². The molecule has 0 unspecified atom stereocenters. The summed E-state index contributed by atoms with van der Waals surface area (Å²) in [6.07, 6.45) is 4.99. The Balaban J connectivity index is 2.03. The summed E-state index contributed by atoms with van der Waals surface area (Å²) in [7, 11) is 0. The minimum atomic E-state index is 1.11. The predicted octanol–water partition coefficient (Wildman–Crippen LogP) is 5.55. The normalized spacial score (nSPS) is 19.8. The monoisotopic (exact) mass is 371 g/mol. The summed E-state index contributed by atoms with van der Waals surface area (Å²) in [5.41, 5.74) is 2.61. The summed E-state index contributed by atoms with van der Waals surface area (Å²) < 4.78 is 2.22. The van der Waals surface area contributed by atoms with Gasteiger partial charge in [0.2, 0.25) is 0 Å². The predicted molar refractivity (Wildman–Crippen MR) is 80.6 cm³/mol. The quantitative estimate of drug-likeness (QED) is 0.636. The van der Waals surface area contributed by atoms with Gasteiger partial charge < -0.3 is 4.90 Å². The molecular formula is C13H11Br2NS. The molecule has 0 bridgehead atoms. The van der Waals surface area contributed by atoms with E-state index >= 15 is 0 Å². The number of allylic oxidation sites excluding steroid dienone is 2. The third-order valence-electron chi connectivity index (χ3n) is 3.08. The van der Waals surface area contributed by atoms with Crippen LogP contribution in [0.3, 0.4) is 0 Å². The molecule has 0 aromatic heterocycles. The number of thioether (sulfide) groups is 1. The standard InChI is InChI=1S/C13H11Br2NS/c14-9-4-3-5-10(15)13(9)16-8-17-12-7-2-1-6-11(12)16/h3-5H,1-2,6-7H2. The Morgan fingerprint density at radius 1 is 1.12 bits per heavy atom. The van der Waals surface area contributed by atoms with E-state index in [-0.39, 0.29) is 0 Å². The van der Waals surface area contributed by atoms with E-state index in [9.17, 15) is 0 Å².